The van der Waals surface area contributed by atoms with E-state index >= 15 is 0 Å². The Kier molecular flexibility index (Phi) is 2.84. The largest absolute Gasteiger partial charge is 0.496 e. The quantitative estimate of drug-likeness (QED) is 0.857. The van der Waals surface area contributed by atoms with E-state index < -0.39 is 11.6 Å². The highest BCUT2D eigenvalue weighted by molar-refractivity contribution is 5.35. The Labute approximate surface area is 93.4 Å². The molecule has 0 radical (unpaired) electrons. The van der Waals surface area contributed by atoms with Crippen LogP contribution in [0.5, 0.6) is 5.75 Å². The summed E-state index contributed by atoms with van der Waals surface area (Å²) >= 11 is 0. The van der Waals surface area contributed by atoms with Gasteiger partial charge >= 0.3 is 0 Å². The third kappa shape index (κ3) is 2.32. The number of rotatable bonds is 4. The molecule has 0 amide bonds. The first-order chi connectivity index (χ1) is 7.54. The molecule has 2 nitrogen and oxygen atoms in total. The van der Waals surface area contributed by atoms with Crippen LogP contribution in [0.25, 0.3) is 0 Å². The predicted octanol–water partition coefficient (Wildman–Crippen LogP) is 2.40. The lowest BCUT2D eigenvalue weighted by atomic mass is 10.0. The van der Waals surface area contributed by atoms with E-state index in [1.54, 1.807) is 0 Å². The summed E-state index contributed by atoms with van der Waals surface area (Å²) in [5.41, 5.74) is 6.21. The highest BCUT2D eigenvalue weighted by Crippen LogP contribution is 2.38. The Balaban J connectivity index is 2.17. The number of halogens is 2. The molecule has 0 saturated heterocycles. The molecule has 0 aromatic heterocycles. The molecule has 88 valence electrons. The zero-order valence-electron chi connectivity index (χ0n) is 9.22. The number of methoxy groups -OCH3 is 1. The van der Waals surface area contributed by atoms with Crippen molar-refractivity contribution in [2.45, 2.75) is 31.2 Å². The fourth-order valence-electron chi connectivity index (χ4n) is 1.79. The standard InChI is InChI=1S/C12H15F2NO/c1-16-11-7-8(13)6-10(14)9(11)2-3-12(15)4-5-12/h6-7H,2-5,15H2,1H3. The molecule has 0 spiro atoms. The molecule has 16 heavy (non-hydrogen) atoms. The zero-order valence-corrected chi connectivity index (χ0v) is 9.22. The van der Waals surface area contributed by atoms with Crippen molar-refractivity contribution in [3.63, 3.8) is 0 Å². The first-order valence-electron chi connectivity index (χ1n) is 5.35. The van der Waals surface area contributed by atoms with Crippen LogP contribution in [-0.2, 0) is 6.42 Å². The van der Waals surface area contributed by atoms with Crippen LogP contribution < -0.4 is 10.5 Å². The first-order valence-corrected chi connectivity index (χ1v) is 5.35. The van der Waals surface area contributed by atoms with E-state index in [9.17, 15) is 8.78 Å². The van der Waals surface area contributed by atoms with Gasteiger partial charge in [0.25, 0.3) is 0 Å². The lowest BCUT2D eigenvalue weighted by Gasteiger charge is -2.12. The fourth-order valence-corrected chi connectivity index (χ4v) is 1.79. The van der Waals surface area contributed by atoms with E-state index in [4.69, 9.17) is 10.5 Å². The molecule has 2 N–H and O–H groups in total. The smallest absolute Gasteiger partial charge is 0.133 e. The molecular formula is C12H15F2NO. The average molecular weight is 227 g/mol. The van der Waals surface area contributed by atoms with Gasteiger partial charge in [0, 0.05) is 23.2 Å². The summed E-state index contributed by atoms with van der Waals surface area (Å²) in [6, 6.07) is 2.09. The molecule has 1 fully saturated rings. The SMILES string of the molecule is COc1cc(F)cc(F)c1CCC1(N)CC1. The van der Waals surface area contributed by atoms with Crippen molar-refractivity contribution in [3.05, 3.63) is 29.3 Å². The molecule has 1 aromatic carbocycles. The topological polar surface area (TPSA) is 35.2 Å². The second kappa shape index (κ2) is 4.01. The maximum atomic E-state index is 13.5. The summed E-state index contributed by atoms with van der Waals surface area (Å²) in [5.74, 6) is -0.908. The summed E-state index contributed by atoms with van der Waals surface area (Å²) in [6.45, 7) is 0. The van der Waals surface area contributed by atoms with Crippen molar-refractivity contribution in [3.8, 4) is 5.75 Å². The highest BCUT2D eigenvalue weighted by Gasteiger charge is 2.37. The molecule has 4 heteroatoms. The molecule has 1 aliphatic carbocycles. The summed E-state index contributed by atoms with van der Waals surface area (Å²) in [5, 5.41) is 0. The molecule has 0 bridgehead atoms. The number of benzene rings is 1. The van der Waals surface area contributed by atoms with Crippen molar-refractivity contribution in [1.82, 2.24) is 0 Å². The van der Waals surface area contributed by atoms with E-state index in [2.05, 4.69) is 0 Å². The van der Waals surface area contributed by atoms with Crippen LogP contribution in [-0.4, -0.2) is 12.6 Å². The van der Waals surface area contributed by atoms with Crippen LogP contribution in [0.4, 0.5) is 8.78 Å². The van der Waals surface area contributed by atoms with Crippen LogP contribution in [0.3, 0.4) is 0 Å². The van der Waals surface area contributed by atoms with Crippen molar-refractivity contribution < 1.29 is 13.5 Å². The number of hydrogen-bond acceptors (Lipinski definition) is 2. The Hall–Kier alpha value is -1.16. The van der Waals surface area contributed by atoms with Crippen molar-refractivity contribution >= 4 is 0 Å². The molecule has 0 heterocycles. The Morgan fingerprint density at radius 2 is 2.06 bits per heavy atom. The molecule has 0 aliphatic heterocycles. The van der Waals surface area contributed by atoms with E-state index in [-0.39, 0.29) is 11.3 Å². The average Bonchev–Trinajstić information content (AvgIpc) is 2.94. The van der Waals surface area contributed by atoms with Crippen LogP contribution in [0.2, 0.25) is 0 Å². The summed E-state index contributed by atoms with van der Waals surface area (Å²) in [7, 11) is 1.41. The van der Waals surface area contributed by atoms with E-state index in [0.717, 1.165) is 18.9 Å². The summed E-state index contributed by atoms with van der Waals surface area (Å²) in [6.07, 6.45) is 3.17. The monoisotopic (exact) mass is 227 g/mol. The Morgan fingerprint density at radius 1 is 1.38 bits per heavy atom. The number of ether oxygens (including phenoxy) is 1. The zero-order chi connectivity index (χ0) is 11.8. The molecule has 1 aliphatic rings. The minimum Gasteiger partial charge on any atom is -0.496 e. The first kappa shape index (κ1) is 11.3. The lowest BCUT2D eigenvalue weighted by molar-refractivity contribution is 0.397. The molecule has 1 aromatic rings. The highest BCUT2D eigenvalue weighted by atomic mass is 19.1. The van der Waals surface area contributed by atoms with E-state index in [0.29, 0.717) is 18.4 Å². The third-order valence-electron chi connectivity index (χ3n) is 3.10. The van der Waals surface area contributed by atoms with Crippen LogP contribution in [0, 0.1) is 11.6 Å². The molecule has 0 unspecified atom stereocenters. The second-order valence-electron chi connectivity index (χ2n) is 4.43. The molecule has 0 atom stereocenters. The number of nitrogens with two attached hydrogens (primary N) is 1. The van der Waals surface area contributed by atoms with Gasteiger partial charge in [0.15, 0.2) is 0 Å². The minimum atomic E-state index is -0.619. The summed E-state index contributed by atoms with van der Waals surface area (Å²) in [4.78, 5) is 0. The second-order valence-corrected chi connectivity index (χ2v) is 4.43. The predicted molar refractivity (Wildman–Crippen MR) is 57.4 cm³/mol. The normalized spacial score (nSPS) is 17.2. The Morgan fingerprint density at radius 3 is 2.62 bits per heavy atom. The van der Waals surface area contributed by atoms with E-state index in [1.165, 1.54) is 13.2 Å². The van der Waals surface area contributed by atoms with Gasteiger partial charge in [-0.3, -0.25) is 0 Å². The lowest BCUT2D eigenvalue weighted by Crippen LogP contribution is -2.22. The van der Waals surface area contributed by atoms with Crippen LogP contribution in [0.1, 0.15) is 24.8 Å². The molecular weight excluding hydrogens is 212 g/mol. The van der Waals surface area contributed by atoms with Gasteiger partial charge < -0.3 is 10.5 Å². The van der Waals surface area contributed by atoms with Gasteiger partial charge in [-0.1, -0.05) is 0 Å². The van der Waals surface area contributed by atoms with Gasteiger partial charge in [0.2, 0.25) is 0 Å². The maximum absolute atomic E-state index is 13.5. The van der Waals surface area contributed by atoms with Gasteiger partial charge in [0.1, 0.15) is 17.4 Å². The van der Waals surface area contributed by atoms with Gasteiger partial charge in [-0.05, 0) is 25.7 Å². The van der Waals surface area contributed by atoms with Gasteiger partial charge in [-0.15, -0.1) is 0 Å². The van der Waals surface area contributed by atoms with Crippen LogP contribution in [0.15, 0.2) is 12.1 Å². The van der Waals surface area contributed by atoms with Crippen molar-refractivity contribution in [1.29, 1.82) is 0 Å². The Bertz CT molecular complexity index is 402. The maximum Gasteiger partial charge on any atom is 0.133 e. The molecule has 1 saturated carbocycles. The third-order valence-corrected chi connectivity index (χ3v) is 3.10. The molecule has 2 rings (SSSR count). The van der Waals surface area contributed by atoms with Gasteiger partial charge in [-0.25, -0.2) is 8.78 Å². The van der Waals surface area contributed by atoms with Crippen molar-refractivity contribution in [2.24, 2.45) is 5.73 Å². The van der Waals surface area contributed by atoms with E-state index in [1.807, 2.05) is 0 Å². The van der Waals surface area contributed by atoms with Crippen LogP contribution >= 0.6 is 0 Å². The fraction of sp³-hybridized carbons (Fsp3) is 0.500. The summed E-state index contributed by atoms with van der Waals surface area (Å²) < 4.78 is 31.4. The minimum absolute atomic E-state index is 0.133. The van der Waals surface area contributed by atoms with Gasteiger partial charge in [-0.2, -0.15) is 0 Å². The number of hydrogen-bond donors (Lipinski definition) is 1. The van der Waals surface area contributed by atoms with Crippen molar-refractivity contribution in [2.75, 3.05) is 7.11 Å². The van der Waals surface area contributed by atoms with Gasteiger partial charge in [0.05, 0.1) is 7.11 Å².